The SMILES string of the molecule is COc1ccc(Br)c(CNCCc2c[nH]c3ccccc23)c1OCc1ccc(Cl)c(Cl)c1. The van der Waals surface area contributed by atoms with Crippen molar-refractivity contribution in [2.24, 2.45) is 0 Å². The van der Waals surface area contributed by atoms with Gasteiger partial charge in [0.05, 0.1) is 17.2 Å². The number of benzene rings is 3. The van der Waals surface area contributed by atoms with Crippen LogP contribution in [0.15, 0.2) is 65.3 Å². The van der Waals surface area contributed by atoms with Gasteiger partial charge in [-0.3, -0.25) is 0 Å². The lowest BCUT2D eigenvalue weighted by Crippen LogP contribution is -2.18. The molecule has 3 aromatic carbocycles. The molecule has 4 nitrogen and oxygen atoms in total. The van der Waals surface area contributed by atoms with E-state index in [9.17, 15) is 0 Å². The fraction of sp³-hybridized carbons (Fsp3) is 0.200. The summed E-state index contributed by atoms with van der Waals surface area (Å²) < 4.78 is 12.7. The second-order valence-electron chi connectivity index (χ2n) is 7.38. The van der Waals surface area contributed by atoms with Crippen molar-refractivity contribution in [3.05, 3.63) is 92.0 Å². The predicted molar refractivity (Wildman–Crippen MR) is 135 cm³/mol. The summed E-state index contributed by atoms with van der Waals surface area (Å²) in [7, 11) is 1.64. The Bertz CT molecular complexity index is 1230. The summed E-state index contributed by atoms with van der Waals surface area (Å²) in [5, 5.41) is 5.83. The van der Waals surface area contributed by atoms with Crippen LogP contribution < -0.4 is 14.8 Å². The van der Waals surface area contributed by atoms with E-state index in [1.807, 2.05) is 30.3 Å². The summed E-state index contributed by atoms with van der Waals surface area (Å²) in [5.74, 6) is 1.38. The molecule has 4 aromatic rings. The summed E-state index contributed by atoms with van der Waals surface area (Å²) in [6.07, 6.45) is 3.00. The van der Waals surface area contributed by atoms with E-state index in [4.69, 9.17) is 32.7 Å². The molecule has 0 aliphatic rings. The normalized spacial score (nSPS) is 11.1. The third-order valence-corrected chi connectivity index (χ3v) is 6.78. The van der Waals surface area contributed by atoms with Crippen molar-refractivity contribution >= 4 is 50.0 Å². The van der Waals surface area contributed by atoms with Gasteiger partial charge in [-0.05, 0) is 54.4 Å². The van der Waals surface area contributed by atoms with Gasteiger partial charge in [0, 0.05) is 33.7 Å². The summed E-state index contributed by atoms with van der Waals surface area (Å²) in [5.41, 5.74) is 4.40. The van der Waals surface area contributed by atoms with Crippen LogP contribution in [0.5, 0.6) is 11.5 Å². The first-order chi connectivity index (χ1) is 15.6. The molecule has 0 fully saturated rings. The topological polar surface area (TPSA) is 46.3 Å². The molecule has 0 spiro atoms. The Morgan fingerprint density at radius 1 is 1.03 bits per heavy atom. The van der Waals surface area contributed by atoms with E-state index in [0.717, 1.165) is 34.1 Å². The third-order valence-electron chi connectivity index (χ3n) is 5.30. The van der Waals surface area contributed by atoms with Crippen LogP contribution in [0.3, 0.4) is 0 Å². The monoisotopic (exact) mass is 532 g/mol. The molecule has 0 radical (unpaired) electrons. The number of fused-ring (bicyclic) bond motifs is 1. The Morgan fingerprint density at radius 3 is 2.69 bits per heavy atom. The Hall–Kier alpha value is -2.18. The van der Waals surface area contributed by atoms with E-state index in [-0.39, 0.29) is 0 Å². The number of rotatable bonds is 9. The van der Waals surface area contributed by atoms with Crippen molar-refractivity contribution in [1.29, 1.82) is 0 Å². The molecule has 0 aliphatic carbocycles. The number of halogens is 3. The van der Waals surface area contributed by atoms with E-state index < -0.39 is 0 Å². The zero-order valence-corrected chi connectivity index (χ0v) is 20.7. The molecule has 0 saturated heterocycles. The first-order valence-electron chi connectivity index (χ1n) is 10.2. The fourth-order valence-electron chi connectivity index (χ4n) is 3.63. The number of H-pyrrole nitrogens is 1. The minimum atomic E-state index is 0.353. The molecule has 32 heavy (non-hydrogen) atoms. The highest BCUT2D eigenvalue weighted by Crippen LogP contribution is 2.37. The van der Waals surface area contributed by atoms with Gasteiger partial charge in [0.1, 0.15) is 6.61 Å². The first kappa shape index (κ1) is 23.0. The standard InChI is InChI=1S/C25H23BrCl2N2O2/c1-31-24-9-7-20(26)19(25(24)32-15-16-6-8-21(27)22(28)12-16)14-29-11-10-17-13-30-23-5-3-2-4-18(17)23/h2-9,12-13,29-30H,10-11,14-15H2,1H3. The van der Waals surface area contributed by atoms with E-state index in [1.54, 1.807) is 13.2 Å². The van der Waals surface area contributed by atoms with Crippen LogP contribution in [-0.4, -0.2) is 18.6 Å². The summed E-state index contributed by atoms with van der Waals surface area (Å²) >= 11 is 15.8. The van der Waals surface area contributed by atoms with Crippen molar-refractivity contribution in [1.82, 2.24) is 10.3 Å². The Morgan fingerprint density at radius 2 is 1.88 bits per heavy atom. The zero-order valence-electron chi connectivity index (χ0n) is 17.6. The molecular weight excluding hydrogens is 511 g/mol. The number of hydrogen-bond acceptors (Lipinski definition) is 3. The molecule has 1 aromatic heterocycles. The highest BCUT2D eigenvalue weighted by Gasteiger charge is 2.15. The molecule has 0 unspecified atom stereocenters. The molecule has 0 amide bonds. The number of nitrogens with one attached hydrogen (secondary N) is 2. The predicted octanol–water partition coefficient (Wildman–Crippen LogP) is 7.16. The van der Waals surface area contributed by atoms with Crippen molar-refractivity contribution < 1.29 is 9.47 Å². The van der Waals surface area contributed by atoms with Crippen LogP contribution in [0.2, 0.25) is 10.0 Å². The van der Waals surface area contributed by atoms with Crippen LogP contribution in [0.25, 0.3) is 10.9 Å². The van der Waals surface area contributed by atoms with Crippen molar-refractivity contribution in [2.45, 2.75) is 19.6 Å². The van der Waals surface area contributed by atoms with Gasteiger partial charge in [-0.15, -0.1) is 0 Å². The summed E-state index contributed by atoms with van der Waals surface area (Å²) in [4.78, 5) is 3.33. The minimum Gasteiger partial charge on any atom is -0.493 e. The van der Waals surface area contributed by atoms with E-state index >= 15 is 0 Å². The van der Waals surface area contributed by atoms with Crippen molar-refractivity contribution in [3.8, 4) is 11.5 Å². The van der Waals surface area contributed by atoms with Gasteiger partial charge in [-0.25, -0.2) is 0 Å². The van der Waals surface area contributed by atoms with Gasteiger partial charge in [-0.1, -0.05) is 63.4 Å². The van der Waals surface area contributed by atoms with Gasteiger partial charge in [0.25, 0.3) is 0 Å². The fourth-order valence-corrected chi connectivity index (χ4v) is 4.40. The quantitative estimate of drug-likeness (QED) is 0.224. The summed E-state index contributed by atoms with van der Waals surface area (Å²) in [6, 6.07) is 17.7. The number of aromatic amines is 1. The lowest BCUT2D eigenvalue weighted by atomic mass is 10.1. The summed E-state index contributed by atoms with van der Waals surface area (Å²) in [6.45, 7) is 1.82. The van der Waals surface area contributed by atoms with E-state index in [0.29, 0.717) is 34.7 Å². The molecule has 166 valence electrons. The Balaban J connectivity index is 1.44. The molecule has 0 atom stereocenters. The highest BCUT2D eigenvalue weighted by atomic mass is 79.9. The zero-order chi connectivity index (χ0) is 22.5. The lowest BCUT2D eigenvalue weighted by Gasteiger charge is -2.17. The third kappa shape index (κ3) is 5.24. The number of methoxy groups -OCH3 is 1. The number of para-hydroxylation sites is 1. The smallest absolute Gasteiger partial charge is 0.167 e. The maximum atomic E-state index is 6.18. The van der Waals surface area contributed by atoms with Crippen LogP contribution >= 0.6 is 39.1 Å². The van der Waals surface area contributed by atoms with Crippen molar-refractivity contribution in [3.63, 3.8) is 0 Å². The second-order valence-corrected chi connectivity index (χ2v) is 9.05. The molecule has 2 N–H and O–H groups in total. The van der Waals surface area contributed by atoms with Crippen LogP contribution in [0, 0.1) is 0 Å². The first-order valence-corrected chi connectivity index (χ1v) is 11.8. The van der Waals surface area contributed by atoms with Gasteiger partial charge in [0.2, 0.25) is 0 Å². The van der Waals surface area contributed by atoms with Crippen LogP contribution in [0.4, 0.5) is 0 Å². The maximum Gasteiger partial charge on any atom is 0.167 e. The molecule has 0 aliphatic heterocycles. The molecule has 1 heterocycles. The van der Waals surface area contributed by atoms with Gasteiger partial charge in [0.15, 0.2) is 11.5 Å². The van der Waals surface area contributed by atoms with Gasteiger partial charge >= 0.3 is 0 Å². The van der Waals surface area contributed by atoms with Crippen molar-refractivity contribution in [2.75, 3.05) is 13.7 Å². The minimum absolute atomic E-state index is 0.353. The largest absolute Gasteiger partial charge is 0.493 e. The number of hydrogen-bond donors (Lipinski definition) is 2. The Kier molecular flexibility index (Phi) is 7.63. The average Bonchev–Trinajstić information content (AvgIpc) is 3.21. The second kappa shape index (κ2) is 10.6. The highest BCUT2D eigenvalue weighted by molar-refractivity contribution is 9.10. The van der Waals surface area contributed by atoms with Gasteiger partial charge in [-0.2, -0.15) is 0 Å². The van der Waals surface area contributed by atoms with Crippen LogP contribution in [-0.2, 0) is 19.6 Å². The lowest BCUT2D eigenvalue weighted by molar-refractivity contribution is 0.280. The number of aromatic nitrogens is 1. The van der Waals surface area contributed by atoms with Crippen LogP contribution in [0.1, 0.15) is 16.7 Å². The number of ether oxygens (including phenoxy) is 2. The average molecular weight is 534 g/mol. The molecule has 0 bridgehead atoms. The van der Waals surface area contributed by atoms with Gasteiger partial charge < -0.3 is 19.8 Å². The maximum absolute atomic E-state index is 6.18. The molecule has 4 rings (SSSR count). The molecule has 0 saturated carbocycles. The van der Waals surface area contributed by atoms with E-state index in [2.05, 4.69) is 50.6 Å². The Labute approximate surface area is 206 Å². The molecular formula is C25H23BrCl2N2O2. The molecule has 7 heteroatoms. The van der Waals surface area contributed by atoms with E-state index in [1.165, 1.54) is 10.9 Å².